The minimum atomic E-state index is -0.771. The van der Waals surface area contributed by atoms with Crippen LogP contribution in [0.5, 0.6) is 0 Å². The fourth-order valence-electron chi connectivity index (χ4n) is 1.92. The minimum Gasteiger partial charge on any atom is -0.481 e. The molecule has 0 radical (unpaired) electrons. The Morgan fingerprint density at radius 1 is 1.56 bits per heavy atom. The van der Waals surface area contributed by atoms with E-state index in [4.69, 9.17) is 5.11 Å². The van der Waals surface area contributed by atoms with E-state index in [9.17, 15) is 4.79 Å². The molecule has 0 aliphatic heterocycles. The molecule has 18 heavy (non-hydrogen) atoms. The third-order valence-electron chi connectivity index (χ3n) is 2.87. The van der Waals surface area contributed by atoms with Crippen LogP contribution in [0.15, 0.2) is 24.5 Å². The number of aromatic nitrogens is 2. The zero-order valence-electron chi connectivity index (χ0n) is 10.6. The topological polar surface area (TPSA) is 57.8 Å². The molecule has 96 valence electrons. The van der Waals surface area contributed by atoms with Crippen LogP contribution in [0, 0.1) is 6.92 Å². The zero-order chi connectivity index (χ0) is 13.1. The number of carbonyl (C=O) groups is 1. The summed E-state index contributed by atoms with van der Waals surface area (Å²) in [6, 6.07) is 4.02. The number of fused-ring (bicyclic) bond motifs is 1. The van der Waals surface area contributed by atoms with Gasteiger partial charge in [-0.15, -0.1) is 0 Å². The van der Waals surface area contributed by atoms with E-state index in [0.717, 1.165) is 16.9 Å². The van der Waals surface area contributed by atoms with Gasteiger partial charge in [0.15, 0.2) is 0 Å². The highest BCUT2D eigenvalue weighted by molar-refractivity contribution is 5.66. The highest BCUT2D eigenvalue weighted by Crippen LogP contribution is 2.11. The molecule has 2 heterocycles. The summed E-state index contributed by atoms with van der Waals surface area (Å²) in [7, 11) is 1.90. The predicted molar refractivity (Wildman–Crippen MR) is 68.5 cm³/mol. The Balaban J connectivity index is 2.08. The minimum absolute atomic E-state index is 0.156. The van der Waals surface area contributed by atoms with Crippen LogP contribution in [-0.4, -0.2) is 39.0 Å². The van der Waals surface area contributed by atoms with E-state index in [1.807, 2.05) is 47.8 Å². The monoisotopic (exact) mass is 247 g/mol. The third kappa shape index (κ3) is 2.87. The van der Waals surface area contributed by atoms with Gasteiger partial charge in [0.1, 0.15) is 5.65 Å². The van der Waals surface area contributed by atoms with Gasteiger partial charge in [-0.25, -0.2) is 4.98 Å². The lowest BCUT2D eigenvalue weighted by Crippen LogP contribution is -2.21. The average molecular weight is 247 g/mol. The maximum atomic E-state index is 10.5. The number of imidazole rings is 1. The average Bonchev–Trinajstić information content (AvgIpc) is 2.70. The second kappa shape index (κ2) is 5.18. The number of pyridine rings is 1. The molecular formula is C13H17N3O2. The van der Waals surface area contributed by atoms with Gasteiger partial charge in [-0.2, -0.15) is 0 Å². The second-order valence-electron chi connectivity index (χ2n) is 4.54. The predicted octanol–water partition coefficient (Wildman–Crippen LogP) is 1.55. The molecule has 0 aromatic carbocycles. The van der Waals surface area contributed by atoms with E-state index in [-0.39, 0.29) is 6.42 Å². The number of aliphatic carboxylic acids is 1. The quantitative estimate of drug-likeness (QED) is 0.871. The molecule has 0 aliphatic carbocycles. The first-order chi connectivity index (χ1) is 8.56. The number of carboxylic acids is 1. The van der Waals surface area contributed by atoms with Crippen LogP contribution in [0.1, 0.15) is 17.7 Å². The van der Waals surface area contributed by atoms with E-state index in [0.29, 0.717) is 13.1 Å². The molecule has 0 aliphatic rings. The van der Waals surface area contributed by atoms with E-state index < -0.39 is 5.97 Å². The Bertz CT molecular complexity index is 562. The van der Waals surface area contributed by atoms with Gasteiger partial charge in [0.2, 0.25) is 0 Å². The molecule has 0 saturated heterocycles. The molecule has 0 atom stereocenters. The van der Waals surface area contributed by atoms with Gasteiger partial charge < -0.3 is 9.51 Å². The highest BCUT2D eigenvalue weighted by atomic mass is 16.4. The third-order valence-corrected chi connectivity index (χ3v) is 2.87. The van der Waals surface area contributed by atoms with Crippen molar-refractivity contribution in [2.24, 2.45) is 0 Å². The molecule has 2 aromatic rings. The Morgan fingerprint density at radius 3 is 3.00 bits per heavy atom. The van der Waals surface area contributed by atoms with Crippen LogP contribution < -0.4 is 0 Å². The van der Waals surface area contributed by atoms with Crippen LogP contribution >= 0.6 is 0 Å². The SMILES string of the molecule is Cc1cccn2cc(CN(C)CCC(=O)O)nc12. The Morgan fingerprint density at radius 2 is 2.33 bits per heavy atom. The fourth-order valence-corrected chi connectivity index (χ4v) is 1.92. The van der Waals surface area contributed by atoms with Crippen molar-refractivity contribution in [2.45, 2.75) is 19.9 Å². The molecule has 1 N–H and O–H groups in total. The Hall–Kier alpha value is -1.88. The van der Waals surface area contributed by atoms with Crippen LogP contribution in [0.4, 0.5) is 0 Å². The van der Waals surface area contributed by atoms with E-state index in [1.165, 1.54) is 0 Å². The number of aryl methyl sites for hydroxylation is 1. The van der Waals surface area contributed by atoms with Gasteiger partial charge in [-0.05, 0) is 25.6 Å². The summed E-state index contributed by atoms with van der Waals surface area (Å²) in [6.45, 7) is 3.22. The zero-order valence-corrected chi connectivity index (χ0v) is 10.6. The molecule has 2 aromatic heterocycles. The highest BCUT2D eigenvalue weighted by Gasteiger charge is 2.07. The van der Waals surface area contributed by atoms with Crippen LogP contribution in [0.3, 0.4) is 0 Å². The number of hydrogen-bond acceptors (Lipinski definition) is 3. The van der Waals surface area contributed by atoms with Gasteiger partial charge in [0.05, 0.1) is 12.1 Å². The number of hydrogen-bond donors (Lipinski definition) is 1. The van der Waals surface area contributed by atoms with Crippen LogP contribution in [-0.2, 0) is 11.3 Å². The molecule has 0 fully saturated rings. The normalized spacial score (nSPS) is 11.3. The molecule has 5 heteroatoms. The molecule has 0 unspecified atom stereocenters. The standard InChI is InChI=1S/C13H17N3O2/c1-10-4-3-6-16-9-11(14-13(10)16)8-15(2)7-5-12(17)18/h3-4,6,9H,5,7-8H2,1-2H3,(H,17,18). The summed E-state index contributed by atoms with van der Waals surface area (Å²) in [5.41, 5.74) is 3.05. The van der Waals surface area contributed by atoms with Gasteiger partial charge >= 0.3 is 5.97 Å². The van der Waals surface area contributed by atoms with Crippen molar-refractivity contribution in [3.05, 3.63) is 35.8 Å². The molecule has 2 rings (SSSR count). The number of carboxylic acid groups (broad SMARTS) is 1. The van der Waals surface area contributed by atoms with Crippen molar-refractivity contribution >= 4 is 11.6 Å². The van der Waals surface area contributed by atoms with Gasteiger partial charge in [-0.1, -0.05) is 6.07 Å². The van der Waals surface area contributed by atoms with Crippen LogP contribution in [0.25, 0.3) is 5.65 Å². The molecule has 0 bridgehead atoms. The summed E-state index contributed by atoms with van der Waals surface area (Å²) in [4.78, 5) is 17.0. The van der Waals surface area contributed by atoms with Crippen LogP contribution in [0.2, 0.25) is 0 Å². The van der Waals surface area contributed by atoms with Gasteiger partial charge in [-0.3, -0.25) is 9.69 Å². The second-order valence-corrected chi connectivity index (χ2v) is 4.54. The largest absolute Gasteiger partial charge is 0.481 e. The molecule has 5 nitrogen and oxygen atoms in total. The maximum absolute atomic E-state index is 10.5. The summed E-state index contributed by atoms with van der Waals surface area (Å²) in [6.07, 6.45) is 4.11. The lowest BCUT2D eigenvalue weighted by molar-refractivity contribution is -0.137. The maximum Gasteiger partial charge on any atom is 0.304 e. The first-order valence-electron chi connectivity index (χ1n) is 5.90. The van der Waals surface area contributed by atoms with E-state index >= 15 is 0 Å². The first kappa shape index (κ1) is 12.6. The van der Waals surface area contributed by atoms with Crippen molar-refractivity contribution in [1.29, 1.82) is 0 Å². The smallest absolute Gasteiger partial charge is 0.304 e. The Labute approximate surface area is 106 Å². The van der Waals surface area contributed by atoms with Gasteiger partial charge in [0, 0.05) is 25.5 Å². The molecule has 0 saturated carbocycles. The van der Waals surface area contributed by atoms with Crippen molar-refractivity contribution in [3.8, 4) is 0 Å². The van der Waals surface area contributed by atoms with Crippen molar-refractivity contribution in [2.75, 3.05) is 13.6 Å². The fraction of sp³-hybridized carbons (Fsp3) is 0.385. The number of rotatable bonds is 5. The summed E-state index contributed by atoms with van der Waals surface area (Å²) < 4.78 is 2.00. The molecular weight excluding hydrogens is 230 g/mol. The molecule has 0 spiro atoms. The van der Waals surface area contributed by atoms with Crippen molar-refractivity contribution in [3.63, 3.8) is 0 Å². The van der Waals surface area contributed by atoms with Crippen molar-refractivity contribution in [1.82, 2.24) is 14.3 Å². The van der Waals surface area contributed by atoms with E-state index in [2.05, 4.69) is 4.98 Å². The first-order valence-corrected chi connectivity index (χ1v) is 5.90. The number of nitrogens with zero attached hydrogens (tertiary/aromatic N) is 3. The summed E-state index contributed by atoms with van der Waals surface area (Å²) >= 11 is 0. The summed E-state index contributed by atoms with van der Waals surface area (Å²) in [5, 5.41) is 8.63. The lowest BCUT2D eigenvalue weighted by atomic mass is 10.3. The van der Waals surface area contributed by atoms with Crippen molar-refractivity contribution < 1.29 is 9.90 Å². The summed E-state index contributed by atoms with van der Waals surface area (Å²) in [5.74, 6) is -0.771. The lowest BCUT2D eigenvalue weighted by Gasteiger charge is -2.12. The van der Waals surface area contributed by atoms with Gasteiger partial charge in [0.25, 0.3) is 0 Å². The molecule has 0 amide bonds. The Kier molecular flexibility index (Phi) is 3.62. The van der Waals surface area contributed by atoms with E-state index in [1.54, 1.807) is 0 Å².